The number of aryl methyl sites for hydroxylation is 2. The summed E-state index contributed by atoms with van der Waals surface area (Å²) in [5.74, 6) is 0.259. The topological polar surface area (TPSA) is 78.9 Å². The zero-order valence-electron chi connectivity index (χ0n) is 24.2. The van der Waals surface area contributed by atoms with Crippen molar-refractivity contribution in [2.24, 2.45) is 5.41 Å². The van der Waals surface area contributed by atoms with Crippen molar-refractivity contribution in [3.05, 3.63) is 72.3 Å². The summed E-state index contributed by atoms with van der Waals surface area (Å²) in [6.07, 6.45) is 8.14. The molecule has 0 fully saturated rings. The van der Waals surface area contributed by atoms with Crippen LogP contribution in [0.4, 0.5) is 17.1 Å². The summed E-state index contributed by atoms with van der Waals surface area (Å²) in [4.78, 5) is 40.3. The fraction of sp³-hybridized carbons (Fsp3) is 0.400. The van der Waals surface area contributed by atoms with E-state index >= 15 is 0 Å². The number of carbonyl (C=O) groups excluding carboxylic acids is 2. The van der Waals surface area contributed by atoms with E-state index in [4.69, 9.17) is 4.74 Å². The van der Waals surface area contributed by atoms with Crippen LogP contribution in [0.1, 0.15) is 38.4 Å². The van der Waals surface area contributed by atoms with Gasteiger partial charge in [-0.25, -0.2) is 0 Å². The monoisotopic (exact) mass is 623 g/mol. The molecule has 0 bridgehead atoms. The zero-order valence-corrected chi connectivity index (χ0v) is 26.7. The molecule has 1 aliphatic heterocycles. The Morgan fingerprint density at radius 1 is 0.951 bits per heavy atom. The van der Waals surface area contributed by atoms with Crippen molar-refractivity contribution in [2.45, 2.75) is 40.0 Å². The average molecular weight is 625 g/mol. The number of anilines is 3. The van der Waals surface area contributed by atoms with E-state index in [9.17, 15) is 9.59 Å². The Morgan fingerprint density at radius 2 is 1.71 bits per heavy atom. The van der Waals surface area contributed by atoms with Crippen molar-refractivity contribution in [1.82, 2.24) is 9.97 Å². The second-order valence-corrected chi connectivity index (χ2v) is 10.2. The van der Waals surface area contributed by atoms with Crippen molar-refractivity contribution >= 4 is 66.1 Å². The molecule has 3 heterocycles. The van der Waals surface area contributed by atoms with Crippen LogP contribution in [0.3, 0.4) is 0 Å². The maximum absolute atomic E-state index is 13.1. The fourth-order valence-electron chi connectivity index (χ4n) is 4.75. The lowest BCUT2D eigenvalue weighted by molar-refractivity contribution is -0.137. The van der Waals surface area contributed by atoms with Gasteiger partial charge >= 0.3 is 0 Å². The molecule has 0 saturated heterocycles. The number of nitrogens with zero attached hydrogens (tertiary/aromatic N) is 5. The third kappa shape index (κ3) is 8.24. The second-order valence-electron chi connectivity index (χ2n) is 10.2. The molecule has 3 aromatic rings. The molecule has 2 amide bonds. The third-order valence-corrected chi connectivity index (χ3v) is 7.07. The second kappa shape index (κ2) is 15.8. The fourth-order valence-corrected chi connectivity index (χ4v) is 4.75. The Hall–Kier alpha value is -3.07. The molecule has 8 nitrogen and oxygen atoms in total. The number of pyridine rings is 2. The van der Waals surface area contributed by atoms with Gasteiger partial charge in [-0.1, -0.05) is 6.07 Å². The van der Waals surface area contributed by atoms with Gasteiger partial charge < -0.3 is 19.4 Å². The van der Waals surface area contributed by atoms with E-state index in [1.54, 1.807) is 36.9 Å². The number of fused-ring (bicyclic) bond motifs is 1. The molecule has 0 N–H and O–H groups in total. The first-order valence-corrected chi connectivity index (χ1v) is 13.1. The van der Waals surface area contributed by atoms with Crippen LogP contribution in [0.2, 0.25) is 0 Å². The van der Waals surface area contributed by atoms with Crippen LogP contribution in [0.25, 0.3) is 0 Å². The SMILES string of the molecule is CCN1C(=O)C(C)(C)C(=O)N(C)c2cc(OCCCN(C)c3ccnc(CCc4cccnc4)c3)ccc21.Cl.Cl.Cl. The molecular formula is C30H40Cl3N5O3. The summed E-state index contributed by atoms with van der Waals surface area (Å²) in [6, 6.07) is 13.8. The van der Waals surface area contributed by atoms with Gasteiger partial charge in [-0.3, -0.25) is 19.6 Å². The average Bonchev–Trinajstić information content (AvgIpc) is 2.99. The van der Waals surface area contributed by atoms with Crippen molar-refractivity contribution in [1.29, 1.82) is 0 Å². The maximum Gasteiger partial charge on any atom is 0.242 e. The highest BCUT2D eigenvalue weighted by molar-refractivity contribution is 6.20. The Morgan fingerprint density at radius 3 is 2.39 bits per heavy atom. The van der Waals surface area contributed by atoms with Crippen molar-refractivity contribution in [3.8, 4) is 5.75 Å². The van der Waals surface area contributed by atoms with Gasteiger partial charge in [0.1, 0.15) is 11.2 Å². The maximum atomic E-state index is 13.1. The summed E-state index contributed by atoms with van der Waals surface area (Å²) in [6.45, 7) is 7.12. The summed E-state index contributed by atoms with van der Waals surface area (Å²) in [7, 11) is 3.79. The lowest BCUT2D eigenvalue weighted by Gasteiger charge is -2.27. The van der Waals surface area contributed by atoms with Crippen LogP contribution in [-0.4, -0.2) is 55.6 Å². The Kier molecular flexibility index (Phi) is 13.9. The molecule has 2 aromatic heterocycles. The highest BCUT2D eigenvalue weighted by atomic mass is 35.5. The number of hydrogen-bond acceptors (Lipinski definition) is 6. The Labute approximate surface area is 261 Å². The first-order valence-electron chi connectivity index (χ1n) is 13.1. The normalized spacial score (nSPS) is 13.7. The Balaban J connectivity index is 0.00000280. The summed E-state index contributed by atoms with van der Waals surface area (Å²) in [5, 5.41) is 0. The number of benzene rings is 1. The summed E-state index contributed by atoms with van der Waals surface area (Å²) >= 11 is 0. The van der Waals surface area contributed by atoms with Gasteiger partial charge in [-0.15, -0.1) is 37.2 Å². The minimum atomic E-state index is -1.12. The quantitative estimate of drug-likeness (QED) is 0.210. The van der Waals surface area contributed by atoms with Crippen LogP contribution in [0.5, 0.6) is 5.75 Å². The van der Waals surface area contributed by atoms with Gasteiger partial charge in [-0.2, -0.15) is 0 Å². The molecule has 0 saturated carbocycles. The Bertz CT molecular complexity index is 1290. The standard InChI is InChI=1S/C30H37N5O3.3ClH/c1-6-35-26-13-12-25(20-27(26)34(5)28(36)30(2,3)29(35)37)38-18-8-17-33(4)24-14-16-32-23(19-24)11-10-22-9-7-15-31-21-22;;;/h7,9,12-16,19-21H,6,8,10-11,17-18H2,1-5H3;3*1H. The van der Waals surface area contributed by atoms with Crippen LogP contribution >= 0.6 is 37.2 Å². The minimum Gasteiger partial charge on any atom is -0.493 e. The van der Waals surface area contributed by atoms with Gasteiger partial charge in [0.2, 0.25) is 11.8 Å². The molecule has 0 radical (unpaired) electrons. The van der Waals surface area contributed by atoms with Crippen molar-refractivity contribution < 1.29 is 14.3 Å². The van der Waals surface area contributed by atoms with Gasteiger partial charge in [-0.05, 0) is 75.9 Å². The van der Waals surface area contributed by atoms with Gasteiger partial charge in [0.25, 0.3) is 0 Å². The van der Waals surface area contributed by atoms with Crippen molar-refractivity contribution in [3.63, 3.8) is 0 Å². The first-order chi connectivity index (χ1) is 18.2. The molecule has 0 atom stereocenters. The number of aromatic nitrogens is 2. The molecular weight excluding hydrogens is 585 g/mol. The highest BCUT2D eigenvalue weighted by Crippen LogP contribution is 2.40. The van der Waals surface area contributed by atoms with E-state index in [0.717, 1.165) is 42.9 Å². The van der Waals surface area contributed by atoms with Crippen LogP contribution in [0.15, 0.2) is 61.1 Å². The van der Waals surface area contributed by atoms with Gasteiger partial charge in [0.15, 0.2) is 0 Å². The van der Waals surface area contributed by atoms with Crippen LogP contribution in [-0.2, 0) is 22.4 Å². The molecule has 1 aliphatic rings. The first kappa shape index (κ1) is 36.0. The number of ether oxygens (including phenoxy) is 1. The van der Waals surface area contributed by atoms with E-state index in [1.165, 1.54) is 5.56 Å². The van der Waals surface area contributed by atoms with E-state index in [0.29, 0.717) is 24.6 Å². The molecule has 4 rings (SSSR count). The molecule has 41 heavy (non-hydrogen) atoms. The number of carbonyl (C=O) groups is 2. The zero-order chi connectivity index (χ0) is 27.3. The van der Waals surface area contributed by atoms with E-state index < -0.39 is 5.41 Å². The summed E-state index contributed by atoms with van der Waals surface area (Å²) < 4.78 is 6.06. The van der Waals surface area contributed by atoms with Crippen LogP contribution in [0, 0.1) is 5.41 Å². The van der Waals surface area contributed by atoms with Gasteiger partial charge in [0.05, 0.1) is 18.0 Å². The lowest BCUT2D eigenvalue weighted by atomic mass is 9.90. The number of rotatable bonds is 10. The smallest absolute Gasteiger partial charge is 0.242 e. The number of halogens is 3. The van der Waals surface area contributed by atoms with E-state index in [-0.39, 0.29) is 49.0 Å². The molecule has 1 aromatic carbocycles. The predicted molar refractivity (Wildman–Crippen MR) is 173 cm³/mol. The van der Waals surface area contributed by atoms with Gasteiger partial charge in [0, 0.05) is 63.2 Å². The van der Waals surface area contributed by atoms with Crippen molar-refractivity contribution in [2.75, 3.05) is 48.5 Å². The summed E-state index contributed by atoms with van der Waals surface area (Å²) in [5.41, 5.74) is 3.67. The molecule has 0 unspecified atom stereocenters. The predicted octanol–water partition coefficient (Wildman–Crippen LogP) is 5.79. The largest absolute Gasteiger partial charge is 0.493 e. The lowest BCUT2D eigenvalue weighted by Crippen LogP contribution is -2.47. The minimum absolute atomic E-state index is 0. The van der Waals surface area contributed by atoms with E-state index in [2.05, 4.69) is 34.0 Å². The van der Waals surface area contributed by atoms with Crippen LogP contribution < -0.4 is 19.4 Å². The number of hydrogen-bond donors (Lipinski definition) is 0. The number of amides is 2. The highest BCUT2D eigenvalue weighted by Gasteiger charge is 2.45. The van der Waals surface area contributed by atoms with E-state index in [1.807, 2.05) is 49.6 Å². The molecule has 0 aliphatic carbocycles. The molecule has 224 valence electrons. The molecule has 11 heteroatoms. The molecule has 0 spiro atoms. The third-order valence-electron chi connectivity index (χ3n) is 7.07.